The van der Waals surface area contributed by atoms with Crippen LogP contribution in [-0.4, -0.2) is 74.5 Å². The molecule has 2 atom stereocenters. The number of carbonyl (C=O) groups excluding carboxylic acids is 2. The smallest absolute Gasteiger partial charge is 0.411 e. The molecule has 2 aromatic rings. The number of likely N-dealkylation sites (tertiary alicyclic amines) is 1. The van der Waals surface area contributed by atoms with Crippen LogP contribution in [0.15, 0.2) is 48.5 Å². The minimum atomic E-state index is -0.756. The van der Waals surface area contributed by atoms with Gasteiger partial charge in [-0.1, -0.05) is 30.3 Å². The fourth-order valence-corrected chi connectivity index (χ4v) is 6.33. The summed E-state index contributed by atoms with van der Waals surface area (Å²) in [6.07, 6.45) is 4.82. The molecular formula is C33H46N2O6. The molecule has 1 aliphatic carbocycles. The molecule has 41 heavy (non-hydrogen) atoms. The molecule has 8 nitrogen and oxygen atoms in total. The van der Waals surface area contributed by atoms with E-state index in [1.807, 2.05) is 6.07 Å². The van der Waals surface area contributed by atoms with E-state index in [1.165, 1.54) is 17.6 Å². The van der Waals surface area contributed by atoms with E-state index in [-0.39, 0.29) is 18.2 Å². The number of nitrogens with zero attached hydrogens (tertiary/aromatic N) is 2. The zero-order valence-electron chi connectivity index (χ0n) is 25.6. The lowest BCUT2D eigenvalue weighted by atomic mass is 9.70. The van der Waals surface area contributed by atoms with Crippen molar-refractivity contribution in [2.45, 2.75) is 82.6 Å². The topological polar surface area (TPSA) is 77.5 Å². The Kier molecular flexibility index (Phi) is 9.52. The summed E-state index contributed by atoms with van der Waals surface area (Å²) in [5, 5.41) is 0. The second kappa shape index (κ2) is 12.7. The van der Waals surface area contributed by atoms with Crippen molar-refractivity contribution in [1.29, 1.82) is 0 Å². The van der Waals surface area contributed by atoms with Gasteiger partial charge in [0.25, 0.3) is 0 Å². The second-order valence-electron chi connectivity index (χ2n) is 12.6. The Bertz CT molecular complexity index is 1180. The van der Waals surface area contributed by atoms with Crippen LogP contribution in [0.2, 0.25) is 0 Å². The summed E-state index contributed by atoms with van der Waals surface area (Å²) in [7, 11) is 7.36. The van der Waals surface area contributed by atoms with E-state index in [0.29, 0.717) is 18.1 Å². The average molecular weight is 567 g/mol. The first-order chi connectivity index (χ1) is 19.4. The zero-order chi connectivity index (χ0) is 29.8. The molecule has 4 rings (SSSR count). The Hall–Kier alpha value is -3.26. The van der Waals surface area contributed by atoms with Crippen LogP contribution in [0.3, 0.4) is 0 Å². The Balaban J connectivity index is 1.45. The quantitative estimate of drug-likeness (QED) is 0.373. The SMILES string of the molecule is COC(=O)[C@@H]1C[C@H](Oc2cc(CC3CCC(c4ccccc4)(N(C)C)CC3)cc(OC)c2)CN1C(=O)OC(C)(C)C. The van der Waals surface area contributed by atoms with Crippen molar-refractivity contribution in [3.63, 3.8) is 0 Å². The molecule has 224 valence electrons. The molecule has 8 heteroatoms. The lowest BCUT2D eigenvalue weighted by molar-refractivity contribution is -0.145. The third-order valence-electron chi connectivity index (χ3n) is 8.47. The summed E-state index contributed by atoms with van der Waals surface area (Å²) in [4.78, 5) is 29.2. The van der Waals surface area contributed by atoms with Gasteiger partial charge in [0.15, 0.2) is 0 Å². The van der Waals surface area contributed by atoms with E-state index in [1.54, 1.807) is 27.9 Å². The molecule has 2 aliphatic rings. The molecular weight excluding hydrogens is 520 g/mol. The van der Waals surface area contributed by atoms with E-state index >= 15 is 0 Å². The van der Waals surface area contributed by atoms with Gasteiger partial charge in [-0.05, 0) is 96.1 Å². The molecule has 0 bridgehead atoms. The summed E-state index contributed by atoms with van der Waals surface area (Å²) >= 11 is 0. The summed E-state index contributed by atoms with van der Waals surface area (Å²) in [6, 6.07) is 16.1. The number of esters is 1. The van der Waals surface area contributed by atoms with Crippen molar-refractivity contribution < 1.29 is 28.5 Å². The molecule has 1 amide bonds. The van der Waals surface area contributed by atoms with Crippen molar-refractivity contribution in [2.24, 2.45) is 5.92 Å². The van der Waals surface area contributed by atoms with Crippen LogP contribution < -0.4 is 9.47 Å². The molecule has 0 radical (unpaired) electrons. The number of carbonyl (C=O) groups is 2. The molecule has 0 N–H and O–H groups in total. The third-order valence-corrected chi connectivity index (χ3v) is 8.47. The molecule has 0 unspecified atom stereocenters. The van der Waals surface area contributed by atoms with Crippen LogP contribution in [-0.2, 0) is 26.2 Å². The van der Waals surface area contributed by atoms with Crippen molar-refractivity contribution in [2.75, 3.05) is 34.9 Å². The van der Waals surface area contributed by atoms with Gasteiger partial charge in [-0.3, -0.25) is 9.80 Å². The number of amides is 1. The number of rotatable bonds is 8. The number of hydrogen-bond acceptors (Lipinski definition) is 7. The fraction of sp³-hybridized carbons (Fsp3) is 0.576. The average Bonchev–Trinajstić information content (AvgIpc) is 3.36. The van der Waals surface area contributed by atoms with Gasteiger partial charge in [-0.25, -0.2) is 9.59 Å². The van der Waals surface area contributed by atoms with Crippen molar-refractivity contribution in [1.82, 2.24) is 9.80 Å². The van der Waals surface area contributed by atoms with Crippen LogP contribution in [0.5, 0.6) is 11.5 Å². The first-order valence-electron chi connectivity index (χ1n) is 14.6. The van der Waals surface area contributed by atoms with E-state index in [9.17, 15) is 9.59 Å². The standard InChI is InChI=1S/C33H46N2O6/c1-32(2,3)41-31(37)35-22-28(21-29(35)30(36)39-7)40-27-19-24(18-26(20-27)38-6)17-23-13-15-33(16-14-23,34(4)5)25-11-9-8-10-12-25/h8-12,18-20,23,28-29H,13-17,21-22H2,1-7H3/t23?,28-,29-,33?/m0/s1. The van der Waals surface area contributed by atoms with Gasteiger partial charge in [0.05, 0.1) is 20.8 Å². The Morgan fingerprint density at radius 1 is 1.00 bits per heavy atom. The van der Waals surface area contributed by atoms with Crippen LogP contribution in [0.25, 0.3) is 0 Å². The molecule has 1 saturated heterocycles. The number of methoxy groups -OCH3 is 2. The summed E-state index contributed by atoms with van der Waals surface area (Å²) in [6.45, 7) is 5.63. The molecule has 1 aliphatic heterocycles. The first-order valence-corrected chi connectivity index (χ1v) is 14.6. The molecule has 2 fully saturated rings. The number of hydrogen-bond donors (Lipinski definition) is 0. The van der Waals surface area contributed by atoms with Gasteiger partial charge >= 0.3 is 12.1 Å². The highest BCUT2D eigenvalue weighted by Gasteiger charge is 2.43. The van der Waals surface area contributed by atoms with Crippen LogP contribution in [0.4, 0.5) is 4.79 Å². The highest BCUT2D eigenvalue weighted by Crippen LogP contribution is 2.44. The highest BCUT2D eigenvalue weighted by molar-refractivity contribution is 5.82. The van der Waals surface area contributed by atoms with Gasteiger partial charge in [-0.2, -0.15) is 0 Å². The maximum absolute atomic E-state index is 12.9. The first kappa shape index (κ1) is 30.7. The number of benzene rings is 2. The molecule has 1 heterocycles. The third kappa shape index (κ3) is 7.34. The van der Waals surface area contributed by atoms with Gasteiger partial charge in [-0.15, -0.1) is 0 Å². The molecule has 0 aromatic heterocycles. The molecule has 0 spiro atoms. The van der Waals surface area contributed by atoms with Crippen molar-refractivity contribution in [3.05, 3.63) is 59.7 Å². The van der Waals surface area contributed by atoms with Crippen LogP contribution >= 0.6 is 0 Å². The molecule has 2 aromatic carbocycles. The Morgan fingerprint density at radius 3 is 2.24 bits per heavy atom. The van der Waals surface area contributed by atoms with E-state index in [2.05, 4.69) is 61.5 Å². The van der Waals surface area contributed by atoms with E-state index < -0.39 is 23.7 Å². The lowest BCUT2D eigenvalue weighted by Crippen LogP contribution is -2.44. The normalized spacial score (nSPS) is 24.7. The number of ether oxygens (including phenoxy) is 4. The zero-order valence-corrected chi connectivity index (χ0v) is 25.6. The largest absolute Gasteiger partial charge is 0.497 e. The lowest BCUT2D eigenvalue weighted by Gasteiger charge is -2.45. The van der Waals surface area contributed by atoms with Crippen LogP contribution in [0, 0.1) is 5.92 Å². The summed E-state index contributed by atoms with van der Waals surface area (Å²) < 4.78 is 22.5. The van der Waals surface area contributed by atoms with E-state index in [4.69, 9.17) is 18.9 Å². The predicted octanol–water partition coefficient (Wildman–Crippen LogP) is 5.81. The van der Waals surface area contributed by atoms with Gasteiger partial charge in [0, 0.05) is 18.0 Å². The predicted molar refractivity (Wildman–Crippen MR) is 158 cm³/mol. The monoisotopic (exact) mass is 566 g/mol. The Labute approximate surface area is 244 Å². The molecule has 1 saturated carbocycles. The minimum Gasteiger partial charge on any atom is -0.497 e. The maximum atomic E-state index is 12.9. The summed E-state index contributed by atoms with van der Waals surface area (Å²) in [5.41, 5.74) is 1.94. The van der Waals surface area contributed by atoms with Crippen molar-refractivity contribution in [3.8, 4) is 11.5 Å². The van der Waals surface area contributed by atoms with Crippen molar-refractivity contribution >= 4 is 12.1 Å². The van der Waals surface area contributed by atoms with E-state index in [0.717, 1.165) is 43.4 Å². The minimum absolute atomic E-state index is 0.0685. The van der Waals surface area contributed by atoms with Gasteiger partial charge in [0.1, 0.15) is 29.2 Å². The summed E-state index contributed by atoms with van der Waals surface area (Å²) in [5.74, 6) is 1.48. The van der Waals surface area contributed by atoms with Gasteiger partial charge < -0.3 is 18.9 Å². The maximum Gasteiger partial charge on any atom is 0.411 e. The van der Waals surface area contributed by atoms with Gasteiger partial charge in [0.2, 0.25) is 0 Å². The Morgan fingerprint density at radius 2 is 1.66 bits per heavy atom. The van der Waals surface area contributed by atoms with Crippen LogP contribution in [0.1, 0.15) is 64.0 Å². The highest BCUT2D eigenvalue weighted by atomic mass is 16.6. The second-order valence-corrected chi connectivity index (χ2v) is 12.6. The fourth-order valence-electron chi connectivity index (χ4n) is 6.33.